The van der Waals surface area contributed by atoms with E-state index in [-0.39, 0.29) is 5.69 Å². The second kappa shape index (κ2) is 6.01. The fourth-order valence-corrected chi connectivity index (χ4v) is 2.33. The molecular weight excluding hydrogens is 313 g/mol. The van der Waals surface area contributed by atoms with Gasteiger partial charge >= 0.3 is 12.1 Å². The van der Waals surface area contributed by atoms with Crippen LogP contribution in [0, 0.1) is 11.3 Å². The van der Waals surface area contributed by atoms with Crippen LogP contribution in [0.15, 0.2) is 18.2 Å². The van der Waals surface area contributed by atoms with Gasteiger partial charge in [-0.25, -0.2) is 8.42 Å². The Balaban J connectivity index is 3.11. The summed E-state index contributed by atoms with van der Waals surface area (Å²) in [6.07, 6.45) is -4.66. The molecule has 0 saturated carbocycles. The standard InChI is InChI=1S/C11H9F3N2O4S/c1-20-10(17)6-21(18,19)16-9-3-2-8(11(12,13)14)4-7(9)5-15/h2-4,16H,6H2,1H3. The number of methoxy groups -OCH3 is 1. The van der Waals surface area contributed by atoms with E-state index in [4.69, 9.17) is 5.26 Å². The van der Waals surface area contributed by atoms with Crippen LogP contribution in [0.5, 0.6) is 0 Å². The van der Waals surface area contributed by atoms with Gasteiger partial charge in [-0.15, -0.1) is 0 Å². The Bertz CT molecular complexity index is 692. The number of alkyl halides is 3. The minimum absolute atomic E-state index is 0.352. The summed E-state index contributed by atoms with van der Waals surface area (Å²) >= 11 is 0. The van der Waals surface area contributed by atoms with Gasteiger partial charge in [-0.2, -0.15) is 18.4 Å². The van der Waals surface area contributed by atoms with Gasteiger partial charge < -0.3 is 4.74 Å². The summed E-state index contributed by atoms with van der Waals surface area (Å²) in [7, 11) is -3.20. The highest BCUT2D eigenvalue weighted by Gasteiger charge is 2.31. The molecule has 0 radical (unpaired) electrons. The number of rotatable bonds is 4. The SMILES string of the molecule is COC(=O)CS(=O)(=O)Nc1ccc(C(F)(F)F)cc1C#N. The van der Waals surface area contributed by atoms with Gasteiger partial charge in [0.15, 0.2) is 5.75 Å². The van der Waals surface area contributed by atoms with Crippen LogP contribution < -0.4 is 4.72 Å². The molecular formula is C11H9F3N2O4S. The van der Waals surface area contributed by atoms with Crippen LogP contribution in [0.4, 0.5) is 18.9 Å². The number of sulfonamides is 1. The molecule has 0 amide bonds. The van der Waals surface area contributed by atoms with Gasteiger partial charge in [-0.1, -0.05) is 0 Å². The lowest BCUT2D eigenvalue weighted by Crippen LogP contribution is -2.24. The number of carbonyl (C=O) groups is 1. The van der Waals surface area contributed by atoms with Crippen LogP contribution in [0.1, 0.15) is 11.1 Å². The zero-order valence-corrected chi connectivity index (χ0v) is 11.4. The number of benzene rings is 1. The highest BCUT2D eigenvalue weighted by atomic mass is 32.2. The number of carbonyl (C=O) groups excluding carboxylic acids is 1. The van der Waals surface area contributed by atoms with Gasteiger partial charge in [-0.05, 0) is 18.2 Å². The van der Waals surface area contributed by atoms with Crippen molar-refractivity contribution in [3.63, 3.8) is 0 Å². The number of esters is 1. The van der Waals surface area contributed by atoms with E-state index in [2.05, 4.69) is 4.74 Å². The number of nitrogens with zero attached hydrogens (tertiary/aromatic N) is 1. The largest absolute Gasteiger partial charge is 0.468 e. The zero-order chi connectivity index (χ0) is 16.3. The molecule has 114 valence electrons. The van der Waals surface area contributed by atoms with E-state index in [1.807, 2.05) is 4.72 Å². The Morgan fingerprint density at radius 2 is 2.05 bits per heavy atom. The van der Waals surface area contributed by atoms with Crippen molar-refractivity contribution in [2.75, 3.05) is 17.6 Å². The smallest absolute Gasteiger partial charge is 0.416 e. The van der Waals surface area contributed by atoms with Crippen molar-refractivity contribution < 1.29 is 31.1 Å². The predicted molar refractivity (Wildman–Crippen MR) is 65.6 cm³/mol. The lowest BCUT2D eigenvalue weighted by Gasteiger charge is -2.11. The third-order valence-electron chi connectivity index (χ3n) is 2.27. The van der Waals surface area contributed by atoms with E-state index < -0.39 is 39.0 Å². The van der Waals surface area contributed by atoms with Gasteiger partial charge in [-0.3, -0.25) is 9.52 Å². The third-order valence-corrected chi connectivity index (χ3v) is 3.42. The molecule has 0 heterocycles. The van der Waals surface area contributed by atoms with Crippen molar-refractivity contribution >= 4 is 21.7 Å². The number of nitrogens with one attached hydrogen (secondary N) is 1. The van der Waals surface area contributed by atoms with E-state index in [1.54, 1.807) is 0 Å². The minimum Gasteiger partial charge on any atom is -0.468 e. The molecule has 6 nitrogen and oxygen atoms in total. The van der Waals surface area contributed by atoms with Crippen molar-refractivity contribution in [2.24, 2.45) is 0 Å². The molecule has 21 heavy (non-hydrogen) atoms. The Labute approximate surface area is 118 Å². The summed E-state index contributed by atoms with van der Waals surface area (Å²) in [6.45, 7) is 0. The average Bonchev–Trinajstić information content (AvgIpc) is 2.36. The molecule has 0 aliphatic heterocycles. The van der Waals surface area contributed by atoms with Crippen LogP contribution in [0.25, 0.3) is 0 Å². The number of hydrogen-bond acceptors (Lipinski definition) is 5. The quantitative estimate of drug-likeness (QED) is 0.847. The van der Waals surface area contributed by atoms with Crippen LogP contribution >= 0.6 is 0 Å². The summed E-state index contributed by atoms with van der Waals surface area (Å²) in [4.78, 5) is 10.9. The average molecular weight is 322 g/mol. The molecule has 0 aliphatic rings. The number of nitriles is 1. The molecule has 1 N–H and O–H groups in total. The third kappa shape index (κ3) is 4.64. The van der Waals surface area contributed by atoms with Crippen molar-refractivity contribution in [1.82, 2.24) is 0 Å². The monoisotopic (exact) mass is 322 g/mol. The van der Waals surface area contributed by atoms with Crippen LogP contribution in [0.3, 0.4) is 0 Å². The number of anilines is 1. The lowest BCUT2D eigenvalue weighted by atomic mass is 10.1. The summed E-state index contributed by atoms with van der Waals surface area (Å²) in [6, 6.07) is 3.39. The fraction of sp³-hybridized carbons (Fsp3) is 0.273. The first kappa shape index (κ1) is 16.8. The molecule has 0 atom stereocenters. The van der Waals surface area contributed by atoms with Crippen molar-refractivity contribution in [3.05, 3.63) is 29.3 Å². The van der Waals surface area contributed by atoms with Crippen LogP contribution in [-0.4, -0.2) is 27.2 Å². The zero-order valence-electron chi connectivity index (χ0n) is 10.6. The van der Waals surface area contributed by atoms with Gasteiger partial charge in [0.25, 0.3) is 0 Å². The first-order valence-corrected chi connectivity index (χ1v) is 6.93. The Hall–Kier alpha value is -2.28. The molecule has 1 rings (SSSR count). The maximum absolute atomic E-state index is 12.5. The summed E-state index contributed by atoms with van der Waals surface area (Å²) in [5.41, 5.74) is -1.96. The van der Waals surface area contributed by atoms with E-state index in [0.29, 0.717) is 12.1 Å². The Morgan fingerprint density at radius 3 is 2.52 bits per heavy atom. The highest BCUT2D eigenvalue weighted by molar-refractivity contribution is 7.93. The first-order chi connectivity index (χ1) is 9.59. The molecule has 0 fully saturated rings. The van der Waals surface area contributed by atoms with Crippen LogP contribution in [-0.2, 0) is 25.7 Å². The van der Waals surface area contributed by atoms with E-state index >= 15 is 0 Å². The normalized spacial score (nSPS) is 11.6. The first-order valence-electron chi connectivity index (χ1n) is 5.27. The molecule has 10 heteroatoms. The van der Waals surface area contributed by atoms with Crippen molar-refractivity contribution in [2.45, 2.75) is 6.18 Å². The highest BCUT2D eigenvalue weighted by Crippen LogP contribution is 2.31. The molecule has 1 aromatic rings. The van der Waals surface area contributed by atoms with Gasteiger partial charge in [0.2, 0.25) is 10.0 Å². The predicted octanol–water partition coefficient (Wildman–Crippen LogP) is 1.49. The Morgan fingerprint density at radius 1 is 1.43 bits per heavy atom. The topological polar surface area (TPSA) is 96.3 Å². The van der Waals surface area contributed by atoms with E-state index in [9.17, 15) is 26.4 Å². The molecule has 0 bridgehead atoms. The van der Waals surface area contributed by atoms with Gasteiger partial charge in [0.1, 0.15) is 6.07 Å². The van der Waals surface area contributed by atoms with Crippen LogP contribution in [0.2, 0.25) is 0 Å². The summed E-state index contributed by atoms with van der Waals surface area (Å²) in [5.74, 6) is -2.07. The molecule has 0 saturated heterocycles. The molecule has 0 spiro atoms. The summed E-state index contributed by atoms with van der Waals surface area (Å²) < 4.78 is 66.6. The molecule has 0 aromatic heterocycles. The van der Waals surface area contributed by atoms with Crippen molar-refractivity contribution in [1.29, 1.82) is 5.26 Å². The van der Waals surface area contributed by atoms with E-state index in [0.717, 1.165) is 13.2 Å². The second-order valence-corrected chi connectivity index (χ2v) is 5.53. The Kier molecular flexibility index (Phi) is 4.80. The summed E-state index contributed by atoms with van der Waals surface area (Å²) in [5, 5.41) is 8.79. The number of hydrogen-bond donors (Lipinski definition) is 1. The number of halogens is 3. The number of ether oxygens (including phenoxy) is 1. The lowest BCUT2D eigenvalue weighted by molar-refractivity contribution is -0.138. The molecule has 1 aromatic carbocycles. The fourth-order valence-electron chi connectivity index (χ4n) is 1.32. The maximum Gasteiger partial charge on any atom is 0.416 e. The minimum atomic E-state index is -4.66. The van der Waals surface area contributed by atoms with Crippen molar-refractivity contribution in [3.8, 4) is 6.07 Å². The van der Waals surface area contributed by atoms with Gasteiger partial charge in [0, 0.05) is 0 Å². The van der Waals surface area contributed by atoms with Gasteiger partial charge in [0.05, 0.1) is 23.9 Å². The molecule has 0 unspecified atom stereocenters. The molecule has 0 aliphatic carbocycles. The van der Waals surface area contributed by atoms with E-state index in [1.165, 1.54) is 6.07 Å². The second-order valence-electron chi connectivity index (χ2n) is 3.81. The maximum atomic E-state index is 12.5.